The van der Waals surface area contributed by atoms with Gasteiger partial charge in [-0.25, -0.2) is 4.39 Å². The molecule has 2 aliphatic rings. The van der Waals surface area contributed by atoms with Crippen LogP contribution in [-0.2, 0) is 11.2 Å². The van der Waals surface area contributed by atoms with Gasteiger partial charge in [0.1, 0.15) is 11.9 Å². The van der Waals surface area contributed by atoms with E-state index in [1.807, 2.05) is 6.92 Å². The van der Waals surface area contributed by atoms with Crippen molar-refractivity contribution in [2.75, 3.05) is 25.5 Å². The van der Waals surface area contributed by atoms with Crippen molar-refractivity contribution in [1.29, 1.82) is 0 Å². The number of nitrogens with one attached hydrogen (secondary N) is 3. The van der Waals surface area contributed by atoms with Crippen molar-refractivity contribution in [2.45, 2.75) is 38.8 Å². The Bertz CT molecular complexity index is 1460. The lowest BCUT2D eigenvalue weighted by Crippen LogP contribution is -2.57. The van der Waals surface area contributed by atoms with Crippen LogP contribution in [0.1, 0.15) is 36.3 Å². The average Bonchev–Trinajstić information content (AvgIpc) is 3.23. The van der Waals surface area contributed by atoms with Crippen LogP contribution in [0.4, 0.5) is 15.8 Å². The van der Waals surface area contributed by atoms with Crippen LogP contribution in [0.2, 0.25) is 0 Å². The molecule has 9 nitrogen and oxygen atoms in total. The molecule has 1 saturated heterocycles. The Morgan fingerprint density at radius 1 is 1.34 bits per heavy atom. The Hall–Kier alpha value is -4.52. The van der Waals surface area contributed by atoms with Gasteiger partial charge in [0.15, 0.2) is 11.6 Å². The summed E-state index contributed by atoms with van der Waals surface area (Å²) >= 11 is 0. The van der Waals surface area contributed by atoms with Crippen LogP contribution in [0.3, 0.4) is 0 Å². The Kier molecular flexibility index (Phi) is 6.92. The number of nitrogens with zero attached hydrogens (tertiary/aromatic N) is 2. The number of likely N-dealkylation sites (tertiary alicyclic amines) is 1. The number of aromatic nitrogens is 2. The number of methoxy groups -OCH3 is 1. The summed E-state index contributed by atoms with van der Waals surface area (Å²) in [6, 6.07) is 6.22. The topological polar surface area (TPSA) is 109 Å². The first kappa shape index (κ1) is 25.1. The summed E-state index contributed by atoms with van der Waals surface area (Å²) in [5.41, 5.74) is 3.32. The molecule has 0 aliphatic carbocycles. The van der Waals surface area contributed by atoms with Crippen molar-refractivity contribution in [2.24, 2.45) is 0 Å². The molecule has 1 aromatic carbocycles. The SMILES string of the molecule is CC#CC(=O)N1CC[C@@H]1[C@@H](C)Oc1cnccc1-c1[nH]c2c(c1Nc1cccc(F)c1OC)C(=O)NCC2. The fourth-order valence-electron chi connectivity index (χ4n) is 4.94. The minimum atomic E-state index is -0.526. The van der Waals surface area contributed by atoms with E-state index in [-0.39, 0.29) is 29.7 Å². The zero-order chi connectivity index (χ0) is 26.8. The molecule has 3 N–H and O–H groups in total. The molecular weight excluding hydrogens is 489 g/mol. The predicted octanol–water partition coefficient (Wildman–Crippen LogP) is 3.65. The van der Waals surface area contributed by atoms with Crippen molar-refractivity contribution >= 4 is 23.2 Å². The molecule has 0 saturated carbocycles. The maximum Gasteiger partial charge on any atom is 0.298 e. The number of hydrogen-bond acceptors (Lipinski definition) is 6. The van der Waals surface area contributed by atoms with Gasteiger partial charge in [-0.15, -0.1) is 0 Å². The molecular formula is C28H28FN5O4. The summed E-state index contributed by atoms with van der Waals surface area (Å²) < 4.78 is 26.1. The van der Waals surface area contributed by atoms with Crippen molar-refractivity contribution in [3.05, 3.63) is 53.7 Å². The summed E-state index contributed by atoms with van der Waals surface area (Å²) in [4.78, 5) is 34.6. The van der Waals surface area contributed by atoms with Gasteiger partial charge >= 0.3 is 0 Å². The molecule has 1 fully saturated rings. The lowest BCUT2D eigenvalue weighted by atomic mass is 9.97. The molecule has 0 radical (unpaired) electrons. The van der Waals surface area contributed by atoms with Crippen LogP contribution in [0.25, 0.3) is 11.3 Å². The van der Waals surface area contributed by atoms with Crippen molar-refractivity contribution in [3.63, 3.8) is 0 Å². The standard InChI is InChI=1S/C28H28FN5O4/c1-4-6-23(35)34-14-11-21(34)16(2)38-22-15-30-12-9-17(22)25-26(24-19(32-25)10-13-31-28(24)36)33-20-8-5-7-18(29)27(20)37-3/h5,7-9,12,15-16,21,32-33H,10-11,13-14H2,1-3H3,(H,31,36)/t16-,21-/m1/s1. The van der Waals surface area contributed by atoms with Gasteiger partial charge in [0.25, 0.3) is 11.8 Å². The van der Waals surface area contributed by atoms with Crippen LogP contribution in [0.5, 0.6) is 11.5 Å². The predicted molar refractivity (Wildman–Crippen MR) is 140 cm³/mol. The van der Waals surface area contributed by atoms with Gasteiger partial charge in [-0.2, -0.15) is 0 Å². The first-order valence-corrected chi connectivity index (χ1v) is 12.4. The number of carbonyl (C=O) groups excluding carboxylic acids is 2. The number of rotatable bonds is 7. The van der Waals surface area contributed by atoms with E-state index >= 15 is 0 Å². The van der Waals surface area contributed by atoms with Gasteiger partial charge in [0, 0.05) is 37.0 Å². The Balaban J connectivity index is 1.53. The number of amides is 2. The van der Waals surface area contributed by atoms with Crippen molar-refractivity contribution < 1.29 is 23.5 Å². The van der Waals surface area contributed by atoms with E-state index in [9.17, 15) is 14.0 Å². The van der Waals surface area contributed by atoms with E-state index < -0.39 is 5.82 Å². The maximum absolute atomic E-state index is 14.5. The van der Waals surface area contributed by atoms with Crippen molar-refractivity contribution in [1.82, 2.24) is 20.2 Å². The minimum absolute atomic E-state index is 0.0364. The van der Waals surface area contributed by atoms with E-state index in [0.717, 1.165) is 12.1 Å². The van der Waals surface area contributed by atoms with E-state index in [4.69, 9.17) is 9.47 Å². The number of hydrogen-bond donors (Lipinski definition) is 3. The van der Waals surface area contributed by atoms with E-state index in [0.29, 0.717) is 53.5 Å². The zero-order valence-corrected chi connectivity index (χ0v) is 21.4. The maximum atomic E-state index is 14.5. The number of H-pyrrole nitrogens is 1. The first-order valence-electron chi connectivity index (χ1n) is 12.4. The van der Waals surface area contributed by atoms with Gasteiger partial charge in [0.2, 0.25) is 0 Å². The van der Waals surface area contributed by atoms with Gasteiger partial charge < -0.3 is 30.0 Å². The van der Waals surface area contributed by atoms with Crippen LogP contribution in [-0.4, -0.2) is 59.0 Å². The van der Waals surface area contributed by atoms with Crippen molar-refractivity contribution in [3.8, 4) is 34.6 Å². The van der Waals surface area contributed by atoms with E-state index in [1.54, 1.807) is 42.4 Å². The molecule has 2 atom stereocenters. The number of aromatic amines is 1. The fraction of sp³-hybridized carbons (Fsp3) is 0.321. The molecule has 196 valence electrons. The number of pyridine rings is 1. The summed E-state index contributed by atoms with van der Waals surface area (Å²) in [6.45, 7) is 4.67. The highest BCUT2D eigenvalue weighted by atomic mass is 19.1. The molecule has 2 aliphatic heterocycles. The van der Waals surface area contributed by atoms with Crippen LogP contribution < -0.4 is 20.1 Å². The lowest BCUT2D eigenvalue weighted by Gasteiger charge is -2.43. The molecule has 0 spiro atoms. The molecule has 4 heterocycles. The van der Waals surface area contributed by atoms with Gasteiger partial charge in [0.05, 0.1) is 42.0 Å². The van der Waals surface area contributed by atoms with E-state index in [2.05, 4.69) is 32.4 Å². The molecule has 2 amide bonds. The molecule has 0 unspecified atom stereocenters. The third-order valence-electron chi connectivity index (χ3n) is 6.86. The summed E-state index contributed by atoms with van der Waals surface area (Å²) in [6.07, 6.45) is 4.31. The largest absolute Gasteiger partial charge is 0.492 e. The Morgan fingerprint density at radius 3 is 2.92 bits per heavy atom. The lowest BCUT2D eigenvalue weighted by molar-refractivity contribution is -0.135. The summed E-state index contributed by atoms with van der Waals surface area (Å²) in [7, 11) is 1.39. The normalized spacial score (nSPS) is 16.8. The molecule has 5 rings (SSSR count). The highest BCUT2D eigenvalue weighted by Gasteiger charge is 2.37. The Labute approximate surface area is 219 Å². The van der Waals surface area contributed by atoms with Gasteiger partial charge in [-0.3, -0.25) is 14.6 Å². The first-order chi connectivity index (χ1) is 18.4. The molecule has 0 bridgehead atoms. The third kappa shape index (κ3) is 4.52. The number of para-hydroxylation sites is 1. The van der Waals surface area contributed by atoms with Gasteiger partial charge in [-0.1, -0.05) is 12.0 Å². The highest BCUT2D eigenvalue weighted by Crippen LogP contribution is 2.42. The summed E-state index contributed by atoms with van der Waals surface area (Å²) in [5.74, 6) is 4.78. The number of anilines is 2. The zero-order valence-electron chi connectivity index (χ0n) is 21.4. The second-order valence-corrected chi connectivity index (χ2v) is 9.10. The monoisotopic (exact) mass is 517 g/mol. The second kappa shape index (κ2) is 10.5. The van der Waals surface area contributed by atoms with E-state index in [1.165, 1.54) is 13.2 Å². The summed E-state index contributed by atoms with van der Waals surface area (Å²) in [5, 5.41) is 6.11. The number of fused-ring (bicyclic) bond motifs is 1. The Morgan fingerprint density at radius 2 is 2.18 bits per heavy atom. The quantitative estimate of drug-likeness (QED) is 0.413. The number of halogens is 1. The third-order valence-corrected chi connectivity index (χ3v) is 6.86. The average molecular weight is 518 g/mol. The molecule has 10 heteroatoms. The van der Waals surface area contributed by atoms with Crippen LogP contribution in [0.15, 0.2) is 36.7 Å². The fourth-order valence-corrected chi connectivity index (χ4v) is 4.94. The number of benzene rings is 1. The minimum Gasteiger partial charge on any atom is -0.492 e. The second-order valence-electron chi connectivity index (χ2n) is 9.10. The van der Waals surface area contributed by atoms with Crippen LogP contribution >= 0.6 is 0 Å². The molecule has 38 heavy (non-hydrogen) atoms. The van der Waals surface area contributed by atoms with Gasteiger partial charge in [-0.05, 0) is 44.4 Å². The number of carbonyl (C=O) groups is 2. The highest BCUT2D eigenvalue weighted by molar-refractivity contribution is 6.06. The molecule has 2 aromatic heterocycles. The number of ether oxygens (including phenoxy) is 2. The molecule has 3 aromatic rings. The van der Waals surface area contributed by atoms with Crippen LogP contribution in [0, 0.1) is 17.7 Å². The smallest absolute Gasteiger partial charge is 0.298 e.